The summed E-state index contributed by atoms with van der Waals surface area (Å²) in [4.78, 5) is 14.6. The summed E-state index contributed by atoms with van der Waals surface area (Å²) in [7, 11) is -3.67. The van der Waals surface area contributed by atoms with E-state index in [0.717, 1.165) is 22.8 Å². The third-order valence-corrected chi connectivity index (χ3v) is 6.18. The molecule has 0 fully saturated rings. The van der Waals surface area contributed by atoms with Gasteiger partial charge in [0.2, 0.25) is 15.9 Å². The zero-order valence-corrected chi connectivity index (χ0v) is 17.4. The van der Waals surface area contributed by atoms with Crippen molar-refractivity contribution in [2.45, 2.75) is 31.2 Å². The van der Waals surface area contributed by atoms with Gasteiger partial charge in [-0.2, -0.15) is 0 Å². The van der Waals surface area contributed by atoms with Gasteiger partial charge in [-0.05, 0) is 34.9 Å². The van der Waals surface area contributed by atoms with Crippen molar-refractivity contribution in [3.8, 4) is 0 Å². The summed E-state index contributed by atoms with van der Waals surface area (Å²) in [5.74, 6) is -0.0584. The molecule has 3 aromatic carbocycles. The van der Waals surface area contributed by atoms with Crippen LogP contribution in [0.4, 0.5) is 0 Å². The van der Waals surface area contributed by atoms with E-state index in [1.54, 1.807) is 23.1 Å². The Balaban J connectivity index is 1.61. The van der Waals surface area contributed by atoms with Gasteiger partial charge in [0, 0.05) is 26.1 Å². The molecule has 0 unspecified atom stereocenters. The molecule has 0 heterocycles. The summed E-state index contributed by atoms with van der Waals surface area (Å²) >= 11 is 0. The lowest BCUT2D eigenvalue weighted by Crippen LogP contribution is -2.34. The number of nitrogens with one attached hydrogen (secondary N) is 1. The predicted octanol–water partition coefficient (Wildman–Crippen LogP) is 3.95. The molecule has 0 spiro atoms. The van der Waals surface area contributed by atoms with Crippen LogP contribution in [-0.2, 0) is 21.4 Å². The molecule has 1 N–H and O–H groups in total. The Labute approximate surface area is 172 Å². The van der Waals surface area contributed by atoms with E-state index in [2.05, 4.69) is 4.72 Å². The van der Waals surface area contributed by atoms with E-state index in [4.69, 9.17) is 0 Å². The van der Waals surface area contributed by atoms with Gasteiger partial charge in [0.05, 0.1) is 4.90 Å². The third-order valence-electron chi connectivity index (χ3n) is 4.72. The van der Waals surface area contributed by atoms with Crippen LogP contribution in [0.1, 0.15) is 25.3 Å². The molecular weight excluding hydrogens is 384 g/mol. The summed E-state index contributed by atoms with van der Waals surface area (Å²) in [6, 6.07) is 22.4. The summed E-state index contributed by atoms with van der Waals surface area (Å²) in [6.07, 6.45) is 0.973. The number of fused-ring (bicyclic) bond motifs is 1. The van der Waals surface area contributed by atoms with Gasteiger partial charge in [-0.25, -0.2) is 13.1 Å². The van der Waals surface area contributed by atoms with Crippen molar-refractivity contribution in [3.05, 3.63) is 78.4 Å². The highest BCUT2D eigenvalue weighted by Crippen LogP contribution is 2.18. The Kier molecular flexibility index (Phi) is 7.01. The van der Waals surface area contributed by atoms with Gasteiger partial charge in [-0.1, -0.05) is 67.6 Å². The van der Waals surface area contributed by atoms with Gasteiger partial charge in [0.25, 0.3) is 0 Å². The predicted molar refractivity (Wildman–Crippen MR) is 116 cm³/mol. The number of hydrogen-bond donors (Lipinski definition) is 1. The number of amides is 1. The molecule has 0 aliphatic heterocycles. The topological polar surface area (TPSA) is 66.5 Å². The Bertz CT molecular complexity index is 1070. The molecule has 0 aliphatic carbocycles. The molecule has 5 nitrogen and oxygen atoms in total. The SMILES string of the molecule is CCCN(Cc1ccccc1)C(=O)CCNS(=O)(=O)c1ccc2ccccc2c1. The maximum absolute atomic E-state index is 12.6. The Morgan fingerprint density at radius 3 is 2.34 bits per heavy atom. The van der Waals surface area contributed by atoms with Crippen molar-refractivity contribution in [1.82, 2.24) is 9.62 Å². The Morgan fingerprint density at radius 1 is 0.931 bits per heavy atom. The number of benzene rings is 3. The van der Waals surface area contributed by atoms with Crippen LogP contribution < -0.4 is 4.72 Å². The Morgan fingerprint density at radius 2 is 1.62 bits per heavy atom. The standard InChI is InChI=1S/C23H26N2O3S/c1-2-16-25(18-19-8-4-3-5-9-19)23(26)14-15-24-29(27,28)22-13-12-20-10-6-7-11-21(20)17-22/h3-13,17,24H,2,14-16,18H2,1H3. The molecule has 0 radical (unpaired) electrons. The molecule has 6 heteroatoms. The van der Waals surface area contributed by atoms with Gasteiger partial charge >= 0.3 is 0 Å². The highest BCUT2D eigenvalue weighted by molar-refractivity contribution is 7.89. The van der Waals surface area contributed by atoms with E-state index in [1.165, 1.54) is 0 Å². The van der Waals surface area contributed by atoms with Gasteiger partial charge in [0.15, 0.2) is 0 Å². The fraction of sp³-hybridized carbons (Fsp3) is 0.261. The fourth-order valence-electron chi connectivity index (χ4n) is 3.23. The lowest BCUT2D eigenvalue weighted by Gasteiger charge is -2.22. The molecule has 0 bridgehead atoms. The van der Waals surface area contributed by atoms with Crippen molar-refractivity contribution in [1.29, 1.82) is 0 Å². The van der Waals surface area contributed by atoms with Crippen molar-refractivity contribution in [3.63, 3.8) is 0 Å². The van der Waals surface area contributed by atoms with Crippen LogP contribution >= 0.6 is 0 Å². The van der Waals surface area contributed by atoms with Crippen LogP contribution in [-0.4, -0.2) is 32.3 Å². The zero-order chi connectivity index (χ0) is 20.7. The first kappa shape index (κ1) is 21.0. The zero-order valence-electron chi connectivity index (χ0n) is 16.5. The number of rotatable bonds is 9. The number of hydrogen-bond acceptors (Lipinski definition) is 3. The molecule has 0 saturated heterocycles. The fourth-order valence-corrected chi connectivity index (χ4v) is 4.30. The molecule has 1 amide bonds. The molecule has 152 valence electrons. The third kappa shape index (κ3) is 5.65. The quantitative estimate of drug-likeness (QED) is 0.581. The van der Waals surface area contributed by atoms with Crippen LogP contribution in [0, 0.1) is 0 Å². The average Bonchev–Trinajstić information content (AvgIpc) is 2.73. The molecule has 3 rings (SSSR count). The van der Waals surface area contributed by atoms with E-state index in [-0.39, 0.29) is 23.8 Å². The second-order valence-corrected chi connectivity index (χ2v) is 8.72. The minimum Gasteiger partial charge on any atom is -0.338 e. The highest BCUT2D eigenvalue weighted by atomic mass is 32.2. The second kappa shape index (κ2) is 9.67. The van der Waals surface area contributed by atoms with Gasteiger partial charge in [0.1, 0.15) is 0 Å². The van der Waals surface area contributed by atoms with E-state index >= 15 is 0 Å². The second-order valence-electron chi connectivity index (χ2n) is 6.96. The van der Waals surface area contributed by atoms with E-state index in [9.17, 15) is 13.2 Å². The Hall–Kier alpha value is -2.70. The summed E-state index contributed by atoms with van der Waals surface area (Å²) in [5, 5.41) is 1.85. The largest absolute Gasteiger partial charge is 0.338 e. The normalized spacial score (nSPS) is 11.5. The molecule has 0 saturated carbocycles. The van der Waals surface area contributed by atoms with E-state index in [1.807, 2.05) is 61.5 Å². The molecular formula is C23H26N2O3S. The van der Waals surface area contributed by atoms with Crippen LogP contribution in [0.25, 0.3) is 10.8 Å². The number of carbonyl (C=O) groups is 1. The van der Waals surface area contributed by atoms with E-state index < -0.39 is 10.0 Å². The average molecular weight is 411 g/mol. The lowest BCUT2D eigenvalue weighted by atomic mass is 10.1. The van der Waals surface area contributed by atoms with Crippen LogP contribution in [0.15, 0.2) is 77.7 Å². The number of nitrogens with zero attached hydrogens (tertiary/aromatic N) is 1. The molecule has 0 atom stereocenters. The summed E-state index contributed by atoms with van der Waals surface area (Å²) in [6.45, 7) is 3.27. The maximum Gasteiger partial charge on any atom is 0.240 e. The van der Waals surface area contributed by atoms with Crippen molar-refractivity contribution >= 4 is 26.7 Å². The molecule has 0 aliphatic rings. The summed E-state index contributed by atoms with van der Waals surface area (Å²) < 4.78 is 27.8. The first-order valence-electron chi connectivity index (χ1n) is 9.80. The first-order chi connectivity index (χ1) is 14.0. The minimum absolute atomic E-state index is 0.0584. The van der Waals surface area contributed by atoms with Crippen molar-refractivity contribution in [2.24, 2.45) is 0 Å². The number of sulfonamides is 1. The highest BCUT2D eigenvalue weighted by Gasteiger charge is 2.17. The minimum atomic E-state index is -3.67. The van der Waals surface area contributed by atoms with Gasteiger partial charge < -0.3 is 4.90 Å². The van der Waals surface area contributed by atoms with Gasteiger partial charge in [-0.15, -0.1) is 0 Å². The lowest BCUT2D eigenvalue weighted by molar-refractivity contribution is -0.131. The van der Waals surface area contributed by atoms with Crippen LogP contribution in [0.5, 0.6) is 0 Å². The van der Waals surface area contributed by atoms with Crippen molar-refractivity contribution in [2.75, 3.05) is 13.1 Å². The molecule has 29 heavy (non-hydrogen) atoms. The maximum atomic E-state index is 12.6. The van der Waals surface area contributed by atoms with E-state index in [0.29, 0.717) is 13.1 Å². The van der Waals surface area contributed by atoms with Crippen LogP contribution in [0.2, 0.25) is 0 Å². The first-order valence-corrected chi connectivity index (χ1v) is 11.3. The molecule has 0 aromatic heterocycles. The van der Waals surface area contributed by atoms with Crippen LogP contribution in [0.3, 0.4) is 0 Å². The molecule has 3 aromatic rings. The number of carbonyl (C=O) groups excluding carboxylic acids is 1. The smallest absolute Gasteiger partial charge is 0.240 e. The summed E-state index contributed by atoms with van der Waals surface area (Å²) in [5.41, 5.74) is 1.06. The van der Waals surface area contributed by atoms with Crippen molar-refractivity contribution < 1.29 is 13.2 Å². The monoisotopic (exact) mass is 410 g/mol. The van der Waals surface area contributed by atoms with Gasteiger partial charge in [-0.3, -0.25) is 4.79 Å².